The largest absolute Gasteiger partial charge is 0.497 e. The third-order valence-corrected chi connectivity index (χ3v) is 7.83. The van der Waals surface area contributed by atoms with E-state index in [1.54, 1.807) is 36.3 Å². The number of carbonyl (C=O) groups excluding carboxylic acids is 2. The SMILES string of the molecule is COc1cccc(CN(C(=O)CCCN(c2ccccc2)S(C)(=O)=O)[C@H](Cc2ccccc2)C(=O)NCC(C)C)c1. The molecule has 0 aliphatic carbocycles. The molecular formula is C32H41N3O5S. The second-order valence-electron chi connectivity index (χ2n) is 10.5. The fourth-order valence-electron chi connectivity index (χ4n) is 4.54. The van der Waals surface area contributed by atoms with Crippen molar-refractivity contribution < 1.29 is 22.7 Å². The van der Waals surface area contributed by atoms with Gasteiger partial charge < -0.3 is 15.0 Å². The number of hydrogen-bond donors (Lipinski definition) is 1. The first-order valence-electron chi connectivity index (χ1n) is 13.8. The van der Waals surface area contributed by atoms with Crippen LogP contribution in [0.15, 0.2) is 84.9 Å². The van der Waals surface area contributed by atoms with E-state index < -0.39 is 16.1 Å². The topological polar surface area (TPSA) is 96.0 Å². The molecule has 41 heavy (non-hydrogen) atoms. The highest BCUT2D eigenvalue weighted by Gasteiger charge is 2.30. The van der Waals surface area contributed by atoms with Gasteiger partial charge in [0.1, 0.15) is 11.8 Å². The lowest BCUT2D eigenvalue weighted by Gasteiger charge is -2.32. The molecular weight excluding hydrogens is 538 g/mol. The number of anilines is 1. The van der Waals surface area contributed by atoms with E-state index in [2.05, 4.69) is 5.32 Å². The maximum absolute atomic E-state index is 13.9. The van der Waals surface area contributed by atoms with Crippen LogP contribution < -0.4 is 14.4 Å². The first kappa shape index (κ1) is 31.7. The van der Waals surface area contributed by atoms with Crippen molar-refractivity contribution in [3.05, 3.63) is 96.1 Å². The number of rotatable bonds is 15. The molecule has 3 rings (SSSR count). The van der Waals surface area contributed by atoms with Gasteiger partial charge in [0.2, 0.25) is 21.8 Å². The number of sulfonamides is 1. The Hall–Kier alpha value is -3.85. The zero-order valence-electron chi connectivity index (χ0n) is 24.3. The van der Waals surface area contributed by atoms with E-state index in [0.717, 1.165) is 17.4 Å². The van der Waals surface area contributed by atoms with Gasteiger partial charge in [0, 0.05) is 32.5 Å². The Bertz CT molecular complexity index is 1360. The van der Waals surface area contributed by atoms with Gasteiger partial charge in [-0.15, -0.1) is 0 Å². The molecule has 0 aliphatic rings. The summed E-state index contributed by atoms with van der Waals surface area (Å²) in [7, 11) is -1.96. The van der Waals surface area contributed by atoms with E-state index in [4.69, 9.17) is 4.74 Å². The van der Waals surface area contributed by atoms with Crippen molar-refractivity contribution >= 4 is 27.5 Å². The summed E-state index contributed by atoms with van der Waals surface area (Å²) in [5.74, 6) is 0.458. The molecule has 0 aliphatic heterocycles. The zero-order chi connectivity index (χ0) is 29.8. The van der Waals surface area contributed by atoms with E-state index in [-0.39, 0.29) is 37.2 Å². The minimum atomic E-state index is -3.55. The van der Waals surface area contributed by atoms with Crippen molar-refractivity contribution in [3.63, 3.8) is 0 Å². The predicted octanol–water partition coefficient (Wildman–Crippen LogP) is 4.65. The molecule has 0 heterocycles. The summed E-state index contributed by atoms with van der Waals surface area (Å²) in [4.78, 5) is 29.1. The number of hydrogen-bond acceptors (Lipinski definition) is 5. The lowest BCUT2D eigenvalue weighted by molar-refractivity contribution is -0.141. The van der Waals surface area contributed by atoms with E-state index in [9.17, 15) is 18.0 Å². The molecule has 1 N–H and O–H groups in total. The molecule has 2 amide bonds. The Morgan fingerprint density at radius 3 is 2.15 bits per heavy atom. The highest BCUT2D eigenvalue weighted by molar-refractivity contribution is 7.92. The van der Waals surface area contributed by atoms with Crippen molar-refractivity contribution in [2.24, 2.45) is 5.92 Å². The summed E-state index contributed by atoms with van der Waals surface area (Å²) in [6.45, 7) is 4.88. The molecule has 3 aromatic rings. The van der Waals surface area contributed by atoms with E-state index in [0.29, 0.717) is 30.8 Å². The minimum absolute atomic E-state index is 0.0750. The summed E-state index contributed by atoms with van der Waals surface area (Å²) < 4.78 is 31.8. The van der Waals surface area contributed by atoms with Crippen LogP contribution in [0.4, 0.5) is 5.69 Å². The average molecular weight is 580 g/mol. The lowest BCUT2D eigenvalue weighted by Crippen LogP contribution is -2.51. The van der Waals surface area contributed by atoms with Crippen molar-refractivity contribution in [3.8, 4) is 5.75 Å². The molecule has 0 saturated heterocycles. The summed E-state index contributed by atoms with van der Waals surface area (Å²) in [5.41, 5.74) is 2.31. The number of carbonyl (C=O) groups is 2. The second-order valence-corrected chi connectivity index (χ2v) is 12.4. The molecule has 8 nitrogen and oxygen atoms in total. The molecule has 3 aromatic carbocycles. The second kappa shape index (κ2) is 15.2. The molecule has 0 fully saturated rings. The van der Waals surface area contributed by atoms with E-state index in [1.807, 2.05) is 74.5 Å². The highest BCUT2D eigenvalue weighted by atomic mass is 32.2. The lowest BCUT2D eigenvalue weighted by atomic mass is 10.0. The minimum Gasteiger partial charge on any atom is -0.497 e. The Balaban J connectivity index is 1.89. The number of methoxy groups -OCH3 is 1. The van der Waals surface area contributed by atoms with Gasteiger partial charge in [-0.25, -0.2) is 8.42 Å². The van der Waals surface area contributed by atoms with Gasteiger partial charge in [-0.2, -0.15) is 0 Å². The van der Waals surface area contributed by atoms with Crippen molar-refractivity contribution in [2.45, 2.75) is 45.7 Å². The number of amides is 2. The standard InChI is InChI=1S/C32H41N3O5S/c1-25(2)23-33-32(37)30(22-26-13-7-5-8-14-26)34(24-27-15-11-18-29(21-27)40-3)31(36)19-12-20-35(41(4,38)39)28-16-9-6-10-17-28/h5-11,13-18,21,25,30H,12,19-20,22-24H2,1-4H3,(H,33,37)/t30-/m1/s1. The van der Waals surface area contributed by atoms with Gasteiger partial charge in [0.05, 0.1) is 19.1 Å². The molecule has 0 saturated carbocycles. The number of nitrogens with one attached hydrogen (secondary N) is 1. The van der Waals surface area contributed by atoms with Crippen LogP contribution in [0.3, 0.4) is 0 Å². The third-order valence-electron chi connectivity index (χ3n) is 6.64. The first-order chi connectivity index (χ1) is 19.6. The Morgan fingerprint density at radius 1 is 0.902 bits per heavy atom. The predicted molar refractivity (Wildman–Crippen MR) is 163 cm³/mol. The smallest absolute Gasteiger partial charge is 0.243 e. The Kier molecular flexibility index (Phi) is 11.8. The van der Waals surface area contributed by atoms with Crippen LogP contribution in [-0.2, 0) is 32.6 Å². The van der Waals surface area contributed by atoms with Gasteiger partial charge in [-0.3, -0.25) is 13.9 Å². The van der Waals surface area contributed by atoms with Gasteiger partial charge in [0.15, 0.2) is 0 Å². The van der Waals surface area contributed by atoms with Crippen molar-refractivity contribution in [1.29, 1.82) is 0 Å². The highest BCUT2D eigenvalue weighted by Crippen LogP contribution is 2.21. The average Bonchev–Trinajstić information content (AvgIpc) is 2.96. The summed E-state index contributed by atoms with van der Waals surface area (Å²) >= 11 is 0. The number of ether oxygens (including phenoxy) is 1. The normalized spacial score (nSPS) is 12.0. The van der Waals surface area contributed by atoms with Gasteiger partial charge >= 0.3 is 0 Å². The number of para-hydroxylation sites is 1. The molecule has 0 unspecified atom stereocenters. The molecule has 0 bridgehead atoms. The summed E-state index contributed by atoms with van der Waals surface area (Å²) in [6.07, 6.45) is 1.87. The van der Waals surface area contributed by atoms with Crippen molar-refractivity contribution in [2.75, 3.05) is 30.8 Å². The van der Waals surface area contributed by atoms with E-state index >= 15 is 0 Å². The van der Waals surface area contributed by atoms with E-state index in [1.165, 1.54) is 4.31 Å². The molecule has 220 valence electrons. The molecule has 0 radical (unpaired) electrons. The third kappa shape index (κ3) is 9.93. The maximum Gasteiger partial charge on any atom is 0.243 e. The fourth-order valence-corrected chi connectivity index (χ4v) is 5.51. The Morgan fingerprint density at radius 2 is 1.54 bits per heavy atom. The monoisotopic (exact) mass is 579 g/mol. The summed E-state index contributed by atoms with van der Waals surface area (Å²) in [6, 6.07) is 25.1. The molecule has 0 aromatic heterocycles. The molecule has 0 spiro atoms. The van der Waals surface area contributed by atoms with Gasteiger partial charge in [0.25, 0.3) is 0 Å². The maximum atomic E-state index is 13.9. The Labute approximate surface area is 244 Å². The number of benzene rings is 3. The first-order valence-corrected chi connectivity index (χ1v) is 15.7. The van der Waals surface area contributed by atoms with Crippen LogP contribution in [-0.4, -0.2) is 57.6 Å². The molecule has 1 atom stereocenters. The zero-order valence-corrected chi connectivity index (χ0v) is 25.1. The number of nitrogens with zero attached hydrogens (tertiary/aromatic N) is 2. The van der Waals surface area contributed by atoms with Gasteiger partial charge in [-0.1, -0.05) is 74.5 Å². The van der Waals surface area contributed by atoms with Crippen LogP contribution >= 0.6 is 0 Å². The van der Waals surface area contributed by atoms with Crippen LogP contribution in [0.1, 0.15) is 37.8 Å². The van der Waals surface area contributed by atoms with Gasteiger partial charge in [-0.05, 0) is 47.7 Å². The fraction of sp³-hybridized carbons (Fsp3) is 0.375. The van der Waals surface area contributed by atoms with Crippen LogP contribution in [0, 0.1) is 5.92 Å². The summed E-state index contributed by atoms with van der Waals surface area (Å²) in [5, 5.41) is 3.02. The molecule has 9 heteroatoms. The quantitative estimate of drug-likeness (QED) is 0.283. The van der Waals surface area contributed by atoms with Crippen LogP contribution in [0.2, 0.25) is 0 Å². The van der Waals surface area contributed by atoms with Crippen molar-refractivity contribution in [1.82, 2.24) is 10.2 Å². The van der Waals surface area contributed by atoms with Crippen LogP contribution in [0.25, 0.3) is 0 Å². The van der Waals surface area contributed by atoms with Crippen LogP contribution in [0.5, 0.6) is 5.75 Å².